The molecule has 78 valence electrons. The lowest BCUT2D eigenvalue weighted by Gasteiger charge is -1.98. The van der Waals surface area contributed by atoms with Crippen molar-refractivity contribution in [2.75, 3.05) is 0 Å². The molecule has 0 radical (unpaired) electrons. The van der Waals surface area contributed by atoms with E-state index in [9.17, 15) is 9.59 Å². The highest BCUT2D eigenvalue weighted by atomic mass is 79.9. The summed E-state index contributed by atoms with van der Waals surface area (Å²) < 4.78 is 2.16. The molecule has 0 bridgehead atoms. The van der Waals surface area contributed by atoms with Crippen molar-refractivity contribution in [3.05, 3.63) is 32.8 Å². The minimum atomic E-state index is -0.611. The monoisotopic (exact) mass is 288 g/mol. The van der Waals surface area contributed by atoms with E-state index < -0.39 is 5.24 Å². The molecular weight excluding hydrogens is 283 g/mol. The molecule has 0 fully saturated rings. The van der Waals surface area contributed by atoms with E-state index in [0.717, 1.165) is 4.47 Å². The SMILES string of the molecule is Cn1cc(Br)c2cc(C(=O)Cl)[nH]c2c1=O. The number of carbonyl (C=O) groups is 1. The molecule has 0 aliphatic heterocycles. The first-order chi connectivity index (χ1) is 7.00. The molecule has 2 aromatic heterocycles. The van der Waals surface area contributed by atoms with Crippen LogP contribution in [0.5, 0.6) is 0 Å². The Labute approximate surface area is 98.0 Å². The Morgan fingerprint density at radius 3 is 2.87 bits per heavy atom. The van der Waals surface area contributed by atoms with E-state index in [-0.39, 0.29) is 11.3 Å². The number of H-pyrrole nitrogens is 1. The molecule has 1 N–H and O–H groups in total. The first kappa shape index (κ1) is 10.4. The summed E-state index contributed by atoms with van der Waals surface area (Å²) in [5.41, 5.74) is 0.393. The van der Waals surface area contributed by atoms with Gasteiger partial charge in [-0.2, -0.15) is 0 Å². The standard InChI is InChI=1S/C9H6BrClN2O2/c1-13-3-5(10)4-2-6(8(11)14)12-7(4)9(13)15/h2-3,12H,1H3. The largest absolute Gasteiger partial charge is 0.347 e. The molecule has 2 rings (SSSR count). The van der Waals surface area contributed by atoms with Crippen LogP contribution in [0.2, 0.25) is 0 Å². The third-order valence-corrected chi connectivity index (χ3v) is 2.96. The van der Waals surface area contributed by atoms with Crippen LogP contribution in [0, 0.1) is 0 Å². The van der Waals surface area contributed by atoms with Gasteiger partial charge in [0.2, 0.25) is 0 Å². The van der Waals surface area contributed by atoms with Gasteiger partial charge in [0.25, 0.3) is 10.8 Å². The number of aryl methyl sites for hydroxylation is 1. The predicted molar refractivity (Wildman–Crippen MR) is 61.4 cm³/mol. The van der Waals surface area contributed by atoms with Gasteiger partial charge in [0.15, 0.2) is 0 Å². The molecule has 2 heterocycles. The van der Waals surface area contributed by atoms with Crippen molar-refractivity contribution < 1.29 is 4.79 Å². The number of halogens is 2. The van der Waals surface area contributed by atoms with Crippen molar-refractivity contribution in [2.24, 2.45) is 7.05 Å². The van der Waals surface area contributed by atoms with Gasteiger partial charge in [-0.15, -0.1) is 0 Å². The number of aromatic amines is 1. The van der Waals surface area contributed by atoms with E-state index in [2.05, 4.69) is 20.9 Å². The summed E-state index contributed by atoms with van der Waals surface area (Å²) in [6.45, 7) is 0. The molecule has 0 amide bonds. The molecule has 6 heteroatoms. The summed E-state index contributed by atoms with van der Waals surface area (Å²) in [6.07, 6.45) is 1.64. The highest BCUT2D eigenvalue weighted by Gasteiger charge is 2.12. The van der Waals surface area contributed by atoms with Gasteiger partial charge in [0.1, 0.15) is 5.52 Å². The predicted octanol–water partition coefficient (Wildman–Crippen LogP) is 2.01. The summed E-state index contributed by atoms with van der Waals surface area (Å²) in [5.74, 6) is 0. The lowest BCUT2D eigenvalue weighted by atomic mass is 10.3. The molecule has 2 aromatic rings. The Hall–Kier alpha value is -1.07. The summed E-state index contributed by atoms with van der Waals surface area (Å²) >= 11 is 8.63. The highest BCUT2D eigenvalue weighted by Crippen LogP contribution is 2.22. The van der Waals surface area contributed by atoms with Crippen LogP contribution in [-0.4, -0.2) is 14.8 Å². The lowest BCUT2D eigenvalue weighted by Crippen LogP contribution is -2.16. The van der Waals surface area contributed by atoms with Crippen molar-refractivity contribution >= 4 is 43.7 Å². The van der Waals surface area contributed by atoms with Crippen LogP contribution < -0.4 is 5.56 Å². The van der Waals surface area contributed by atoms with E-state index >= 15 is 0 Å². The fourth-order valence-corrected chi connectivity index (χ4v) is 2.11. The van der Waals surface area contributed by atoms with Crippen molar-refractivity contribution in [2.45, 2.75) is 0 Å². The molecule has 0 aliphatic rings. The van der Waals surface area contributed by atoms with E-state index in [1.807, 2.05) is 0 Å². The third-order valence-electron chi connectivity index (χ3n) is 2.13. The molecule has 0 saturated carbocycles. The third kappa shape index (κ3) is 1.61. The second-order valence-electron chi connectivity index (χ2n) is 3.14. The van der Waals surface area contributed by atoms with Crippen LogP contribution in [0.1, 0.15) is 10.5 Å². The van der Waals surface area contributed by atoms with Crippen molar-refractivity contribution in [3.8, 4) is 0 Å². The second-order valence-corrected chi connectivity index (χ2v) is 4.34. The zero-order chi connectivity index (χ0) is 11.2. The second kappa shape index (κ2) is 3.50. The van der Waals surface area contributed by atoms with Crippen LogP contribution >= 0.6 is 27.5 Å². The number of fused-ring (bicyclic) bond motifs is 1. The number of hydrogen-bond acceptors (Lipinski definition) is 2. The first-order valence-electron chi connectivity index (χ1n) is 4.08. The summed E-state index contributed by atoms with van der Waals surface area (Å²) in [7, 11) is 1.63. The normalized spacial score (nSPS) is 10.9. The first-order valence-corrected chi connectivity index (χ1v) is 5.25. The van der Waals surface area contributed by atoms with E-state index in [1.165, 1.54) is 4.57 Å². The maximum Gasteiger partial charge on any atom is 0.274 e. The average Bonchev–Trinajstić information content (AvgIpc) is 2.59. The summed E-state index contributed by atoms with van der Waals surface area (Å²) in [6, 6.07) is 1.55. The van der Waals surface area contributed by atoms with Gasteiger partial charge in [-0.25, -0.2) is 0 Å². The fraction of sp³-hybridized carbons (Fsp3) is 0.111. The van der Waals surface area contributed by atoms with Crippen molar-refractivity contribution in [1.82, 2.24) is 9.55 Å². The van der Waals surface area contributed by atoms with Gasteiger partial charge in [-0.1, -0.05) is 0 Å². The number of aromatic nitrogens is 2. The molecule has 4 nitrogen and oxygen atoms in total. The maximum absolute atomic E-state index is 11.7. The van der Waals surface area contributed by atoms with Gasteiger partial charge < -0.3 is 9.55 Å². The average molecular weight is 290 g/mol. The number of pyridine rings is 1. The highest BCUT2D eigenvalue weighted by molar-refractivity contribution is 9.10. The lowest BCUT2D eigenvalue weighted by molar-refractivity contribution is 0.107. The Kier molecular flexibility index (Phi) is 2.44. The van der Waals surface area contributed by atoms with E-state index in [0.29, 0.717) is 10.9 Å². The molecule has 0 unspecified atom stereocenters. The van der Waals surface area contributed by atoms with Crippen molar-refractivity contribution in [1.29, 1.82) is 0 Å². The van der Waals surface area contributed by atoms with Crippen LogP contribution in [0.3, 0.4) is 0 Å². The quantitative estimate of drug-likeness (QED) is 0.817. The Bertz CT molecular complexity index is 614. The minimum Gasteiger partial charge on any atom is -0.347 e. The topological polar surface area (TPSA) is 54.9 Å². The Balaban J connectivity index is 2.92. The number of rotatable bonds is 1. The van der Waals surface area contributed by atoms with Crippen LogP contribution in [0.25, 0.3) is 10.9 Å². The number of nitrogens with zero attached hydrogens (tertiary/aromatic N) is 1. The van der Waals surface area contributed by atoms with Gasteiger partial charge in [-0.3, -0.25) is 9.59 Å². The number of carbonyl (C=O) groups excluding carboxylic acids is 1. The number of nitrogens with one attached hydrogen (secondary N) is 1. The molecule has 0 spiro atoms. The Morgan fingerprint density at radius 2 is 2.27 bits per heavy atom. The summed E-state index contributed by atoms with van der Waals surface area (Å²) in [5, 5.41) is 0.0438. The van der Waals surface area contributed by atoms with Gasteiger partial charge >= 0.3 is 0 Å². The zero-order valence-corrected chi connectivity index (χ0v) is 10.0. The molecule has 0 aromatic carbocycles. The van der Waals surface area contributed by atoms with Crippen LogP contribution in [0.15, 0.2) is 21.5 Å². The Morgan fingerprint density at radius 1 is 1.60 bits per heavy atom. The van der Waals surface area contributed by atoms with Gasteiger partial charge in [-0.05, 0) is 33.6 Å². The minimum absolute atomic E-state index is 0.197. The van der Waals surface area contributed by atoms with Crippen LogP contribution in [0.4, 0.5) is 0 Å². The molecular formula is C9H6BrClN2O2. The molecule has 0 aliphatic carbocycles. The van der Waals surface area contributed by atoms with Gasteiger partial charge in [0.05, 0.1) is 5.69 Å². The molecule has 0 saturated heterocycles. The smallest absolute Gasteiger partial charge is 0.274 e. The van der Waals surface area contributed by atoms with Crippen LogP contribution in [-0.2, 0) is 7.05 Å². The van der Waals surface area contributed by atoms with E-state index in [4.69, 9.17) is 11.6 Å². The molecule has 0 atom stereocenters. The molecule has 15 heavy (non-hydrogen) atoms. The maximum atomic E-state index is 11.7. The number of hydrogen-bond donors (Lipinski definition) is 1. The van der Waals surface area contributed by atoms with Crippen molar-refractivity contribution in [3.63, 3.8) is 0 Å². The van der Waals surface area contributed by atoms with E-state index in [1.54, 1.807) is 19.3 Å². The zero-order valence-electron chi connectivity index (χ0n) is 7.67. The summed E-state index contributed by atoms with van der Waals surface area (Å²) in [4.78, 5) is 25.3. The fourth-order valence-electron chi connectivity index (χ4n) is 1.39. The van der Waals surface area contributed by atoms with Gasteiger partial charge in [0, 0.05) is 23.1 Å².